The molecule has 0 amide bonds. The highest BCUT2D eigenvalue weighted by Crippen LogP contribution is 2.17. The summed E-state index contributed by atoms with van der Waals surface area (Å²) in [5.74, 6) is 0. The van der Waals surface area contributed by atoms with Crippen LogP contribution in [0.2, 0.25) is 0 Å². The first-order valence-corrected chi connectivity index (χ1v) is 6.86. The summed E-state index contributed by atoms with van der Waals surface area (Å²) in [4.78, 5) is 0. The van der Waals surface area contributed by atoms with Gasteiger partial charge in [0.1, 0.15) is 0 Å². The van der Waals surface area contributed by atoms with Crippen LogP contribution in [0.4, 0.5) is 0 Å². The van der Waals surface area contributed by atoms with E-state index in [0.717, 1.165) is 13.0 Å². The van der Waals surface area contributed by atoms with Crippen molar-refractivity contribution in [3.05, 3.63) is 47.5 Å². The number of nitrogens with one attached hydrogen (secondary N) is 1. The smallest absolute Gasteiger partial charge is 0.0715 e. The molecule has 0 fully saturated rings. The summed E-state index contributed by atoms with van der Waals surface area (Å²) in [7, 11) is 0. The second kappa shape index (κ2) is 5.72. The zero-order chi connectivity index (χ0) is 13.9. The Kier molecular flexibility index (Phi) is 4.23. The average molecular weight is 257 g/mol. The molecule has 2 N–H and O–H groups in total. The van der Waals surface area contributed by atoms with Gasteiger partial charge in [0, 0.05) is 6.54 Å². The van der Waals surface area contributed by atoms with E-state index in [1.165, 1.54) is 21.9 Å². The van der Waals surface area contributed by atoms with E-state index in [4.69, 9.17) is 0 Å². The van der Waals surface area contributed by atoms with Gasteiger partial charge in [-0.2, -0.15) is 0 Å². The Bertz CT molecular complexity index is 555. The van der Waals surface area contributed by atoms with Crippen LogP contribution in [0, 0.1) is 6.92 Å². The van der Waals surface area contributed by atoms with Gasteiger partial charge >= 0.3 is 0 Å². The van der Waals surface area contributed by atoms with Crippen molar-refractivity contribution in [2.24, 2.45) is 0 Å². The summed E-state index contributed by atoms with van der Waals surface area (Å²) >= 11 is 0. The van der Waals surface area contributed by atoms with Gasteiger partial charge in [-0.15, -0.1) is 0 Å². The van der Waals surface area contributed by atoms with Crippen LogP contribution in [0.15, 0.2) is 36.4 Å². The fourth-order valence-corrected chi connectivity index (χ4v) is 2.20. The molecule has 19 heavy (non-hydrogen) atoms. The van der Waals surface area contributed by atoms with Crippen LogP contribution in [0.3, 0.4) is 0 Å². The van der Waals surface area contributed by atoms with E-state index in [1.807, 2.05) is 13.8 Å². The zero-order valence-electron chi connectivity index (χ0n) is 12.0. The van der Waals surface area contributed by atoms with Crippen molar-refractivity contribution in [2.45, 2.75) is 32.8 Å². The van der Waals surface area contributed by atoms with E-state index < -0.39 is 5.60 Å². The van der Waals surface area contributed by atoms with Crippen LogP contribution in [0.25, 0.3) is 10.8 Å². The molecule has 2 rings (SSSR count). The van der Waals surface area contributed by atoms with Crippen LogP contribution < -0.4 is 5.32 Å². The summed E-state index contributed by atoms with van der Waals surface area (Å²) in [5.41, 5.74) is 1.99. The van der Waals surface area contributed by atoms with E-state index in [0.29, 0.717) is 6.54 Å². The molecule has 0 atom stereocenters. The van der Waals surface area contributed by atoms with Gasteiger partial charge in [-0.3, -0.25) is 0 Å². The van der Waals surface area contributed by atoms with Gasteiger partial charge in [0.25, 0.3) is 0 Å². The van der Waals surface area contributed by atoms with Gasteiger partial charge in [0.15, 0.2) is 0 Å². The maximum Gasteiger partial charge on any atom is 0.0715 e. The van der Waals surface area contributed by atoms with Crippen LogP contribution in [-0.2, 0) is 6.42 Å². The summed E-state index contributed by atoms with van der Waals surface area (Å²) in [6.45, 7) is 7.27. The zero-order valence-corrected chi connectivity index (χ0v) is 12.0. The Balaban J connectivity index is 1.96. The van der Waals surface area contributed by atoms with Gasteiger partial charge in [-0.1, -0.05) is 42.0 Å². The molecular formula is C17H23NO. The SMILES string of the molecule is Cc1ccc2cc(CCNCC(C)(C)O)ccc2c1. The molecule has 0 bridgehead atoms. The second-order valence-electron chi connectivity index (χ2n) is 5.92. The van der Waals surface area contributed by atoms with Crippen LogP contribution in [0.5, 0.6) is 0 Å². The Morgan fingerprint density at radius 3 is 2.47 bits per heavy atom. The molecule has 0 saturated carbocycles. The second-order valence-corrected chi connectivity index (χ2v) is 5.92. The first-order valence-electron chi connectivity index (χ1n) is 6.86. The Hall–Kier alpha value is -1.38. The third-order valence-corrected chi connectivity index (χ3v) is 3.21. The third-order valence-electron chi connectivity index (χ3n) is 3.21. The lowest BCUT2D eigenvalue weighted by atomic mass is 10.0. The van der Waals surface area contributed by atoms with E-state index in [1.54, 1.807) is 0 Å². The van der Waals surface area contributed by atoms with E-state index in [-0.39, 0.29) is 0 Å². The van der Waals surface area contributed by atoms with Crippen LogP contribution >= 0.6 is 0 Å². The first kappa shape index (κ1) is 14.0. The Morgan fingerprint density at radius 1 is 1.05 bits per heavy atom. The van der Waals surface area contributed by atoms with Crippen molar-refractivity contribution in [1.82, 2.24) is 5.32 Å². The predicted molar refractivity (Wildman–Crippen MR) is 81.6 cm³/mol. The molecule has 102 valence electrons. The van der Waals surface area contributed by atoms with Gasteiger partial charge in [-0.25, -0.2) is 0 Å². The highest BCUT2D eigenvalue weighted by Gasteiger charge is 2.10. The lowest BCUT2D eigenvalue weighted by Crippen LogP contribution is -2.35. The van der Waals surface area contributed by atoms with Gasteiger partial charge in [0.05, 0.1) is 5.60 Å². The molecule has 0 aliphatic carbocycles. The molecule has 2 aromatic carbocycles. The normalized spacial score (nSPS) is 12.0. The molecule has 0 spiro atoms. The summed E-state index contributed by atoms with van der Waals surface area (Å²) in [6.07, 6.45) is 0.986. The van der Waals surface area contributed by atoms with Crippen molar-refractivity contribution >= 4 is 10.8 Å². The van der Waals surface area contributed by atoms with Crippen molar-refractivity contribution in [1.29, 1.82) is 0 Å². The summed E-state index contributed by atoms with van der Waals surface area (Å²) < 4.78 is 0. The molecule has 0 aliphatic heterocycles. The van der Waals surface area contributed by atoms with E-state index in [2.05, 4.69) is 48.6 Å². The maximum atomic E-state index is 9.62. The molecule has 2 aromatic rings. The number of aryl methyl sites for hydroxylation is 1. The van der Waals surface area contributed by atoms with Crippen molar-refractivity contribution in [3.8, 4) is 0 Å². The van der Waals surface area contributed by atoms with Crippen molar-refractivity contribution < 1.29 is 5.11 Å². The quantitative estimate of drug-likeness (QED) is 0.807. The molecule has 2 nitrogen and oxygen atoms in total. The number of rotatable bonds is 5. The number of hydrogen-bond donors (Lipinski definition) is 2. The van der Waals surface area contributed by atoms with Crippen molar-refractivity contribution in [3.63, 3.8) is 0 Å². The number of aliphatic hydroxyl groups is 1. The van der Waals surface area contributed by atoms with Gasteiger partial charge in [-0.05, 0) is 50.1 Å². The molecule has 0 heterocycles. The number of fused-ring (bicyclic) bond motifs is 1. The number of hydrogen-bond acceptors (Lipinski definition) is 2. The predicted octanol–water partition coefficient (Wildman–Crippen LogP) is 3.05. The lowest BCUT2D eigenvalue weighted by Gasteiger charge is -2.17. The molecular weight excluding hydrogens is 234 g/mol. The molecule has 0 radical (unpaired) electrons. The summed E-state index contributed by atoms with van der Waals surface area (Å²) in [5, 5.41) is 15.5. The molecule has 0 aromatic heterocycles. The van der Waals surface area contributed by atoms with Gasteiger partial charge < -0.3 is 10.4 Å². The molecule has 0 aliphatic rings. The highest BCUT2D eigenvalue weighted by molar-refractivity contribution is 5.83. The fourth-order valence-electron chi connectivity index (χ4n) is 2.20. The Morgan fingerprint density at radius 2 is 1.74 bits per heavy atom. The maximum absolute atomic E-state index is 9.62. The lowest BCUT2D eigenvalue weighted by molar-refractivity contribution is 0.0801. The minimum absolute atomic E-state index is 0.625. The molecule has 0 saturated heterocycles. The fraction of sp³-hybridized carbons (Fsp3) is 0.412. The van der Waals surface area contributed by atoms with Crippen LogP contribution in [0.1, 0.15) is 25.0 Å². The van der Waals surface area contributed by atoms with Crippen molar-refractivity contribution in [2.75, 3.05) is 13.1 Å². The van der Waals surface area contributed by atoms with Gasteiger partial charge in [0.2, 0.25) is 0 Å². The largest absolute Gasteiger partial charge is 0.389 e. The third kappa shape index (κ3) is 4.34. The van der Waals surface area contributed by atoms with E-state index in [9.17, 15) is 5.11 Å². The first-order chi connectivity index (χ1) is 8.94. The minimum atomic E-state index is -0.638. The molecule has 0 unspecified atom stereocenters. The topological polar surface area (TPSA) is 32.3 Å². The standard InChI is InChI=1S/C17H23NO/c1-13-4-6-16-11-14(5-7-15(16)10-13)8-9-18-12-17(2,3)19/h4-7,10-11,18-19H,8-9,12H2,1-3H3. The van der Waals surface area contributed by atoms with Crippen LogP contribution in [-0.4, -0.2) is 23.8 Å². The minimum Gasteiger partial charge on any atom is -0.389 e. The van der Waals surface area contributed by atoms with E-state index >= 15 is 0 Å². The number of benzene rings is 2. The molecule has 2 heteroatoms. The average Bonchev–Trinajstić information content (AvgIpc) is 2.33. The highest BCUT2D eigenvalue weighted by atomic mass is 16.3. The Labute approximate surface area is 115 Å². The summed E-state index contributed by atoms with van der Waals surface area (Å²) in [6, 6.07) is 13.2. The monoisotopic (exact) mass is 257 g/mol.